The Labute approximate surface area is 133 Å². The van der Waals surface area contributed by atoms with Crippen molar-refractivity contribution in [3.63, 3.8) is 0 Å². The van der Waals surface area contributed by atoms with Crippen molar-refractivity contribution in [1.82, 2.24) is 5.32 Å². The standard InChI is InChI=1S/C17H16ClNO3/c1-19-9-13-11-4-2-3-5-14(11)22-15-7-6-10(18)8-12(15)16(13)17(20)21/h2-8,13,16,19H,9H2,1H3,(H,20,21)/t13-,16+/m0/s1. The molecule has 22 heavy (non-hydrogen) atoms. The van der Waals surface area contributed by atoms with Crippen LogP contribution >= 0.6 is 11.6 Å². The molecule has 2 N–H and O–H groups in total. The molecule has 1 aliphatic rings. The summed E-state index contributed by atoms with van der Waals surface area (Å²) in [6, 6.07) is 12.7. The highest BCUT2D eigenvalue weighted by Gasteiger charge is 2.37. The molecule has 2 aromatic carbocycles. The summed E-state index contributed by atoms with van der Waals surface area (Å²) in [6.45, 7) is 0.531. The summed E-state index contributed by atoms with van der Waals surface area (Å²) in [4.78, 5) is 11.9. The number of hydrogen-bond acceptors (Lipinski definition) is 3. The first-order chi connectivity index (χ1) is 10.6. The second-order valence-electron chi connectivity index (χ2n) is 5.30. The maximum atomic E-state index is 11.9. The van der Waals surface area contributed by atoms with Crippen molar-refractivity contribution in [3.05, 3.63) is 58.6 Å². The smallest absolute Gasteiger partial charge is 0.311 e. The van der Waals surface area contributed by atoms with E-state index >= 15 is 0 Å². The molecular weight excluding hydrogens is 302 g/mol. The molecule has 1 aliphatic heterocycles. The number of carboxylic acid groups (broad SMARTS) is 1. The molecule has 0 bridgehead atoms. The zero-order valence-electron chi connectivity index (χ0n) is 12.0. The van der Waals surface area contributed by atoms with Gasteiger partial charge in [-0.3, -0.25) is 4.79 Å². The molecule has 0 unspecified atom stereocenters. The highest BCUT2D eigenvalue weighted by atomic mass is 35.5. The molecule has 1 heterocycles. The lowest BCUT2D eigenvalue weighted by Gasteiger charge is -2.23. The molecule has 0 saturated carbocycles. The lowest BCUT2D eigenvalue weighted by molar-refractivity contribution is -0.139. The van der Waals surface area contributed by atoms with E-state index in [0.29, 0.717) is 28.6 Å². The third-order valence-electron chi connectivity index (χ3n) is 3.94. The van der Waals surface area contributed by atoms with Crippen LogP contribution in [0.3, 0.4) is 0 Å². The molecule has 2 aromatic rings. The van der Waals surface area contributed by atoms with Gasteiger partial charge in [0.05, 0.1) is 5.92 Å². The van der Waals surface area contributed by atoms with Gasteiger partial charge in [-0.05, 0) is 31.3 Å². The Bertz CT molecular complexity index is 717. The number of para-hydroxylation sites is 1. The first kappa shape index (κ1) is 14.9. The lowest BCUT2D eigenvalue weighted by Crippen LogP contribution is -2.27. The number of hydrogen-bond donors (Lipinski definition) is 2. The number of ether oxygens (including phenoxy) is 1. The minimum absolute atomic E-state index is 0.238. The van der Waals surface area contributed by atoms with Gasteiger partial charge in [-0.2, -0.15) is 0 Å². The fourth-order valence-corrected chi connectivity index (χ4v) is 3.18. The normalized spacial score (nSPS) is 19.5. The van der Waals surface area contributed by atoms with Gasteiger partial charge in [-0.1, -0.05) is 29.8 Å². The highest BCUT2D eigenvalue weighted by Crippen LogP contribution is 2.46. The average Bonchev–Trinajstić information content (AvgIpc) is 2.62. The Morgan fingerprint density at radius 1 is 1.23 bits per heavy atom. The molecule has 0 spiro atoms. The van der Waals surface area contributed by atoms with Gasteiger partial charge >= 0.3 is 5.97 Å². The Hall–Kier alpha value is -2.04. The van der Waals surface area contributed by atoms with E-state index in [-0.39, 0.29) is 5.92 Å². The van der Waals surface area contributed by atoms with Crippen LogP contribution < -0.4 is 10.1 Å². The van der Waals surface area contributed by atoms with Gasteiger partial charge in [0.15, 0.2) is 0 Å². The zero-order valence-corrected chi connectivity index (χ0v) is 12.8. The number of carboxylic acids is 1. The van der Waals surface area contributed by atoms with Crippen molar-refractivity contribution in [1.29, 1.82) is 0 Å². The van der Waals surface area contributed by atoms with Crippen LogP contribution in [0.2, 0.25) is 5.02 Å². The minimum atomic E-state index is -0.885. The fraction of sp³-hybridized carbons (Fsp3) is 0.235. The Morgan fingerprint density at radius 3 is 2.68 bits per heavy atom. The third kappa shape index (κ3) is 2.56. The molecule has 2 atom stereocenters. The Balaban J connectivity index is 2.24. The molecule has 5 heteroatoms. The van der Waals surface area contributed by atoms with E-state index in [1.165, 1.54) is 0 Å². The van der Waals surface area contributed by atoms with E-state index in [1.54, 1.807) is 18.2 Å². The van der Waals surface area contributed by atoms with Gasteiger partial charge in [0, 0.05) is 28.6 Å². The maximum absolute atomic E-state index is 11.9. The summed E-state index contributed by atoms with van der Waals surface area (Å²) < 4.78 is 5.96. The zero-order chi connectivity index (χ0) is 15.7. The van der Waals surface area contributed by atoms with Crippen LogP contribution in [-0.4, -0.2) is 24.7 Å². The number of nitrogens with one attached hydrogen (secondary N) is 1. The van der Waals surface area contributed by atoms with Gasteiger partial charge in [-0.15, -0.1) is 0 Å². The number of rotatable bonds is 3. The summed E-state index contributed by atoms with van der Waals surface area (Å²) in [5.74, 6) is -0.606. The first-order valence-corrected chi connectivity index (χ1v) is 7.43. The quantitative estimate of drug-likeness (QED) is 0.908. The van der Waals surface area contributed by atoms with Crippen molar-refractivity contribution in [3.8, 4) is 11.5 Å². The SMILES string of the molecule is CNC[C@H]1c2ccccc2Oc2ccc(Cl)cc2[C@H]1C(=O)O. The van der Waals surface area contributed by atoms with Crippen LogP contribution in [0.15, 0.2) is 42.5 Å². The topological polar surface area (TPSA) is 58.6 Å². The van der Waals surface area contributed by atoms with Crippen molar-refractivity contribution in [2.45, 2.75) is 11.8 Å². The first-order valence-electron chi connectivity index (χ1n) is 7.05. The molecule has 0 radical (unpaired) electrons. The monoisotopic (exact) mass is 317 g/mol. The van der Waals surface area contributed by atoms with Gasteiger partial charge < -0.3 is 15.2 Å². The van der Waals surface area contributed by atoms with Crippen molar-refractivity contribution in [2.75, 3.05) is 13.6 Å². The molecule has 0 aromatic heterocycles. The van der Waals surface area contributed by atoms with Gasteiger partial charge in [0.2, 0.25) is 0 Å². The Kier molecular flexibility index (Phi) is 4.05. The second-order valence-corrected chi connectivity index (χ2v) is 5.74. The molecule has 114 valence electrons. The van der Waals surface area contributed by atoms with E-state index < -0.39 is 11.9 Å². The molecule has 0 fully saturated rings. The summed E-state index contributed by atoms with van der Waals surface area (Å²) in [7, 11) is 1.81. The van der Waals surface area contributed by atoms with Crippen LogP contribution in [0.5, 0.6) is 11.5 Å². The van der Waals surface area contributed by atoms with Crippen LogP contribution in [0, 0.1) is 0 Å². The predicted molar refractivity (Wildman–Crippen MR) is 85.0 cm³/mol. The number of benzene rings is 2. The fourth-order valence-electron chi connectivity index (χ4n) is 3.00. The van der Waals surface area contributed by atoms with Crippen LogP contribution in [-0.2, 0) is 4.79 Å². The van der Waals surface area contributed by atoms with E-state index in [2.05, 4.69) is 5.32 Å². The van der Waals surface area contributed by atoms with Gasteiger partial charge in [0.25, 0.3) is 0 Å². The number of carbonyl (C=O) groups is 1. The highest BCUT2D eigenvalue weighted by molar-refractivity contribution is 6.30. The number of halogens is 1. The molecule has 3 rings (SSSR count). The van der Waals surface area contributed by atoms with Gasteiger partial charge in [-0.25, -0.2) is 0 Å². The second kappa shape index (κ2) is 5.99. The number of likely N-dealkylation sites (N-methyl/N-ethyl adjacent to an activating group) is 1. The maximum Gasteiger partial charge on any atom is 0.311 e. The molecule has 0 aliphatic carbocycles. The Morgan fingerprint density at radius 2 is 1.95 bits per heavy atom. The lowest BCUT2D eigenvalue weighted by atomic mass is 9.81. The number of aliphatic carboxylic acids is 1. The van der Waals surface area contributed by atoms with Crippen molar-refractivity contribution in [2.24, 2.45) is 0 Å². The molecule has 0 amide bonds. The van der Waals surface area contributed by atoms with E-state index in [9.17, 15) is 9.90 Å². The van der Waals surface area contributed by atoms with Crippen LogP contribution in [0.25, 0.3) is 0 Å². The van der Waals surface area contributed by atoms with E-state index in [0.717, 1.165) is 5.56 Å². The summed E-state index contributed by atoms with van der Waals surface area (Å²) in [6.07, 6.45) is 0. The third-order valence-corrected chi connectivity index (χ3v) is 4.17. The van der Waals surface area contributed by atoms with Crippen molar-refractivity contribution < 1.29 is 14.6 Å². The van der Waals surface area contributed by atoms with Crippen LogP contribution in [0.4, 0.5) is 0 Å². The summed E-state index contributed by atoms with van der Waals surface area (Å²) in [5.41, 5.74) is 1.49. The van der Waals surface area contributed by atoms with Crippen molar-refractivity contribution >= 4 is 17.6 Å². The summed E-state index contributed by atoms with van der Waals surface area (Å²) in [5, 5.41) is 13.4. The largest absolute Gasteiger partial charge is 0.481 e. The molecular formula is C17H16ClNO3. The summed E-state index contributed by atoms with van der Waals surface area (Å²) >= 11 is 6.07. The molecule has 0 saturated heterocycles. The minimum Gasteiger partial charge on any atom is -0.481 e. The van der Waals surface area contributed by atoms with Crippen LogP contribution in [0.1, 0.15) is 23.0 Å². The van der Waals surface area contributed by atoms with E-state index in [1.807, 2.05) is 31.3 Å². The molecule has 4 nitrogen and oxygen atoms in total. The number of fused-ring (bicyclic) bond motifs is 2. The predicted octanol–water partition coefficient (Wildman–Crippen LogP) is 3.62. The average molecular weight is 318 g/mol. The van der Waals surface area contributed by atoms with Gasteiger partial charge in [0.1, 0.15) is 11.5 Å². The van der Waals surface area contributed by atoms with E-state index in [4.69, 9.17) is 16.3 Å².